The Hall–Kier alpha value is -3.46. The van der Waals surface area contributed by atoms with Gasteiger partial charge in [-0.2, -0.15) is 0 Å². The number of nitrogens with one attached hydrogen (secondary N) is 1. The summed E-state index contributed by atoms with van der Waals surface area (Å²) in [5.74, 6) is -0.0516. The Morgan fingerprint density at radius 2 is 1.65 bits per heavy atom. The van der Waals surface area contributed by atoms with Gasteiger partial charge in [0.15, 0.2) is 0 Å². The molecule has 4 rings (SSSR count). The number of nitrogens with zero attached hydrogens (tertiary/aromatic N) is 1. The number of fused-ring (bicyclic) bond motifs is 1. The lowest BCUT2D eigenvalue weighted by molar-refractivity contribution is 0.0940. The number of pyridine rings is 1. The van der Waals surface area contributed by atoms with Crippen molar-refractivity contribution in [3.05, 3.63) is 101 Å². The molecule has 0 saturated heterocycles. The molecule has 0 aliphatic rings. The first-order chi connectivity index (χ1) is 15.0. The average molecular weight is 409 g/mol. The molecule has 0 aliphatic heterocycles. The molecule has 0 saturated carbocycles. The smallest absolute Gasteiger partial charge is 0.252 e. The van der Waals surface area contributed by atoms with Gasteiger partial charge in [0.25, 0.3) is 5.91 Å². The third-order valence-corrected chi connectivity index (χ3v) is 5.85. The predicted molar refractivity (Wildman–Crippen MR) is 128 cm³/mol. The van der Waals surface area contributed by atoms with Crippen LogP contribution in [0, 0.1) is 13.8 Å². The molecular weight excluding hydrogens is 380 g/mol. The van der Waals surface area contributed by atoms with Crippen LogP contribution >= 0.6 is 0 Å². The van der Waals surface area contributed by atoms with E-state index in [1.54, 1.807) is 0 Å². The topological polar surface area (TPSA) is 42.0 Å². The predicted octanol–water partition coefficient (Wildman–Crippen LogP) is 6.27. The highest BCUT2D eigenvalue weighted by Crippen LogP contribution is 2.26. The quantitative estimate of drug-likeness (QED) is 0.408. The molecule has 4 aromatic rings. The van der Waals surface area contributed by atoms with E-state index in [1.165, 1.54) is 16.7 Å². The maximum atomic E-state index is 13.2. The Balaban J connectivity index is 1.60. The highest BCUT2D eigenvalue weighted by Gasteiger charge is 2.16. The van der Waals surface area contributed by atoms with E-state index in [0.29, 0.717) is 5.56 Å². The number of aryl methyl sites for hydroxylation is 3. The fraction of sp³-hybridized carbons (Fsp3) is 0.214. The van der Waals surface area contributed by atoms with Crippen molar-refractivity contribution in [3.8, 4) is 11.3 Å². The van der Waals surface area contributed by atoms with Gasteiger partial charge >= 0.3 is 0 Å². The van der Waals surface area contributed by atoms with E-state index in [4.69, 9.17) is 4.98 Å². The molecule has 0 aliphatic carbocycles. The van der Waals surface area contributed by atoms with Gasteiger partial charge < -0.3 is 5.32 Å². The number of amides is 1. The van der Waals surface area contributed by atoms with Gasteiger partial charge in [-0.15, -0.1) is 0 Å². The number of hydrogen-bond donors (Lipinski definition) is 1. The molecule has 156 valence electrons. The van der Waals surface area contributed by atoms with Crippen LogP contribution in [0.3, 0.4) is 0 Å². The second-order valence-corrected chi connectivity index (χ2v) is 8.27. The summed E-state index contributed by atoms with van der Waals surface area (Å²) in [5, 5.41) is 4.07. The number of hydrogen-bond acceptors (Lipinski definition) is 2. The molecule has 1 amide bonds. The molecule has 3 nitrogen and oxygen atoms in total. The van der Waals surface area contributed by atoms with Crippen molar-refractivity contribution in [1.29, 1.82) is 0 Å². The maximum absolute atomic E-state index is 13.2. The number of aromatic nitrogens is 1. The first kappa shape index (κ1) is 20.8. The minimum absolute atomic E-state index is 0.0516. The molecule has 0 fully saturated rings. The fourth-order valence-corrected chi connectivity index (χ4v) is 3.81. The molecular formula is C28H28N2O. The Morgan fingerprint density at radius 1 is 0.903 bits per heavy atom. The summed E-state index contributed by atoms with van der Waals surface area (Å²) in [4.78, 5) is 18.1. The van der Waals surface area contributed by atoms with Gasteiger partial charge in [0.2, 0.25) is 0 Å². The SMILES string of the molecule is Cc1ccc(-c2cc(C(=O)N[C@@H](C)CCc3ccccc3)c3ccccc3n2)cc1C. The van der Waals surface area contributed by atoms with Crippen LogP contribution in [0.1, 0.15) is 40.4 Å². The van der Waals surface area contributed by atoms with Crippen LogP contribution in [0.4, 0.5) is 0 Å². The van der Waals surface area contributed by atoms with Crippen molar-refractivity contribution in [3.63, 3.8) is 0 Å². The van der Waals surface area contributed by atoms with E-state index in [1.807, 2.05) is 36.4 Å². The third kappa shape index (κ3) is 4.83. The molecule has 1 heterocycles. The van der Waals surface area contributed by atoms with E-state index >= 15 is 0 Å². The first-order valence-electron chi connectivity index (χ1n) is 10.8. The van der Waals surface area contributed by atoms with Crippen molar-refractivity contribution in [2.75, 3.05) is 0 Å². The molecule has 0 bridgehead atoms. The minimum atomic E-state index is -0.0516. The van der Waals surface area contributed by atoms with E-state index < -0.39 is 0 Å². The maximum Gasteiger partial charge on any atom is 0.252 e. The normalized spacial score (nSPS) is 12.0. The molecule has 3 heteroatoms. The standard InChI is InChI=1S/C28H28N2O/c1-19-13-16-23(17-20(19)2)27-18-25(24-11-7-8-12-26(24)30-27)28(31)29-21(3)14-15-22-9-5-4-6-10-22/h4-13,16-18,21H,14-15H2,1-3H3,(H,29,31)/t21-/m0/s1. The number of benzene rings is 3. The number of carbonyl (C=O) groups is 1. The third-order valence-electron chi connectivity index (χ3n) is 5.85. The molecule has 31 heavy (non-hydrogen) atoms. The van der Waals surface area contributed by atoms with Gasteiger partial charge in [-0.3, -0.25) is 4.79 Å². The summed E-state index contributed by atoms with van der Waals surface area (Å²) in [6.07, 6.45) is 1.83. The lowest BCUT2D eigenvalue weighted by atomic mass is 10.00. The van der Waals surface area contributed by atoms with Crippen LogP contribution < -0.4 is 5.32 Å². The monoisotopic (exact) mass is 408 g/mol. The van der Waals surface area contributed by atoms with Crippen LogP contribution in [-0.4, -0.2) is 16.9 Å². The van der Waals surface area contributed by atoms with Gasteiger partial charge in [0.1, 0.15) is 0 Å². The summed E-state index contributed by atoms with van der Waals surface area (Å²) in [7, 11) is 0. The summed E-state index contributed by atoms with van der Waals surface area (Å²) in [5.41, 5.74) is 7.10. The minimum Gasteiger partial charge on any atom is -0.350 e. The molecule has 3 aromatic carbocycles. The van der Waals surface area contributed by atoms with Crippen LogP contribution in [0.5, 0.6) is 0 Å². The number of rotatable bonds is 6. The lowest BCUT2D eigenvalue weighted by Crippen LogP contribution is -2.33. The van der Waals surface area contributed by atoms with Crippen LogP contribution in [0.2, 0.25) is 0 Å². The van der Waals surface area contributed by atoms with Crippen molar-refractivity contribution in [1.82, 2.24) is 10.3 Å². The van der Waals surface area contributed by atoms with Crippen molar-refractivity contribution in [2.24, 2.45) is 0 Å². The largest absolute Gasteiger partial charge is 0.350 e. The van der Waals surface area contributed by atoms with Gasteiger partial charge in [-0.1, -0.05) is 60.7 Å². The zero-order chi connectivity index (χ0) is 21.8. The summed E-state index contributed by atoms with van der Waals surface area (Å²) >= 11 is 0. The first-order valence-corrected chi connectivity index (χ1v) is 10.8. The summed E-state index contributed by atoms with van der Waals surface area (Å²) < 4.78 is 0. The van der Waals surface area contributed by atoms with E-state index in [2.05, 4.69) is 68.6 Å². The Bertz CT molecular complexity index is 1210. The van der Waals surface area contributed by atoms with Crippen LogP contribution in [-0.2, 0) is 6.42 Å². The van der Waals surface area contributed by atoms with Gasteiger partial charge in [0.05, 0.1) is 16.8 Å². The molecule has 1 aromatic heterocycles. The second-order valence-electron chi connectivity index (χ2n) is 8.27. The second kappa shape index (κ2) is 9.13. The van der Waals surface area contributed by atoms with Crippen LogP contribution in [0.15, 0.2) is 78.9 Å². The zero-order valence-electron chi connectivity index (χ0n) is 18.4. The number of carbonyl (C=O) groups excluding carboxylic acids is 1. The molecule has 1 atom stereocenters. The van der Waals surface area contributed by atoms with Crippen LogP contribution in [0.25, 0.3) is 22.2 Å². The summed E-state index contributed by atoms with van der Waals surface area (Å²) in [6, 6.07) is 26.5. The Kier molecular flexibility index (Phi) is 6.13. The number of para-hydroxylation sites is 1. The highest BCUT2D eigenvalue weighted by molar-refractivity contribution is 6.07. The van der Waals surface area contributed by atoms with Gasteiger partial charge in [-0.25, -0.2) is 4.98 Å². The van der Waals surface area contributed by atoms with Gasteiger partial charge in [0, 0.05) is 17.0 Å². The van der Waals surface area contributed by atoms with E-state index in [-0.39, 0.29) is 11.9 Å². The molecule has 1 N–H and O–H groups in total. The van der Waals surface area contributed by atoms with E-state index in [0.717, 1.165) is 35.0 Å². The Morgan fingerprint density at radius 3 is 2.42 bits per heavy atom. The van der Waals surface area contributed by atoms with Crippen molar-refractivity contribution >= 4 is 16.8 Å². The fourth-order valence-electron chi connectivity index (χ4n) is 3.81. The zero-order valence-corrected chi connectivity index (χ0v) is 18.4. The molecule has 0 spiro atoms. The van der Waals surface area contributed by atoms with Crippen molar-refractivity contribution in [2.45, 2.75) is 39.7 Å². The molecule has 0 unspecified atom stereocenters. The van der Waals surface area contributed by atoms with Crippen molar-refractivity contribution < 1.29 is 4.79 Å². The van der Waals surface area contributed by atoms with E-state index in [9.17, 15) is 4.79 Å². The lowest BCUT2D eigenvalue weighted by Gasteiger charge is -2.16. The Labute approximate surface area is 184 Å². The highest BCUT2D eigenvalue weighted by atomic mass is 16.1. The van der Waals surface area contributed by atoms with Gasteiger partial charge in [-0.05, 0) is 68.5 Å². The average Bonchev–Trinajstić information content (AvgIpc) is 2.79. The summed E-state index contributed by atoms with van der Waals surface area (Å²) in [6.45, 7) is 6.26. The molecule has 0 radical (unpaired) electrons.